The molecule has 0 bridgehead atoms. The van der Waals surface area contributed by atoms with Crippen molar-refractivity contribution in [3.63, 3.8) is 0 Å². The molecule has 0 unspecified atom stereocenters. The molecule has 0 fully saturated rings. The van der Waals surface area contributed by atoms with E-state index in [1.807, 2.05) is 37.3 Å². The average Bonchev–Trinajstić information content (AvgIpc) is 2.15. The van der Waals surface area contributed by atoms with Gasteiger partial charge in [-0.2, -0.15) is 5.10 Å². The number of nitrogens with zero attached hydrogens (tertiary/aromatic N) is 2. The first kappa shape index (κ1) is 10.3. The molecule has 3 heteroatoms. The lowest BCUT2D eigenvalue weighted by molar-refractivity contribution is 0.438. The molecule has 1 rings (SSSR count). The van der Waals surface area contributed by atoms with E-state index in [0.717, 1.165) is 16.6 Å². The van der Waals surface area contributed by atoms with Crippen LogP contribution >= 0.6 is 15.9 Å². The topological polar surface area (TPSA) is 15.6 Å². The van der Waals surface area contributed by atoms with Crippen molar-refractivity contribution >= 4 is 21.6 Å². The smallest absolute Gasteiger partial charge is 0.0782 e. The Labute approximate surface area is 87.4 Å². The van der Waals surface area contributed by atoms with E-state index >= 15 is 0 Å². The Morgan fingerprint density at radius 2 is 1.92 bits per heavy atom. The maximum atomic E-state index is 4.37. The molecule has 1 aromatic carbocycles. The summed E-state index contributed by atoms with van der Waals surface area (Å²) in [6, 6.07) is 10.2. The fourth-order valence-corrected chi connectivity index (χ4v) is 1.47. The van der Waals surface area contributed by atoms with Gasteiger partial charge in [0.05, 0.1) is 5.71 Å². The molecule has 2 nitrogen and oxygen atoms in total. The van der Waals surface area contributed by atoms with Crippen LogP contribution in [0.15, 0.2) is 35.4 Å². The maximum Gasteiger partial charge on any atom is 0.0782 e. The van der Waals surface area contributed by atoms with Crippen LogP contribution in [0, 0.1) is 0 Å². The number of halogens is 1. The van der Waals surface area contributed by atoms with Gasteiger partial charge in [0, 0.05) is 19.4 Å². The van der Waals surface area contributed by atoms with Gasteiger partial charge in [0.2, 0.25) is 0 Å². The molecule has 0 aromatic heterocycles. The summed E-state index contributed by atoms with van der Waals surface area (Å²) in [6.45, 7) is 0. The van der Waals surface area contributed by atoms with Gasteiger partial charge in [0.15, 0.2) is 0 Å². The molecule has 0 N–H and O–H groups in total. The molecule has 0 spiro atoms. The third-order valence-electron chi connectivity index (χ3n) is 1.55. The molecule has 0 saturated carbocycles. The summed E-state index contributed by atoms with van der Waals surface area (Å²) < 4.78 is 0. The molecule has 0 aliphatic carbocycles. The first-order valence-electron chi connectivity index (χ1n) is 4.10. The molecular weight excluding hydrogens is 228 g/mol. The second-order valence-electron chi connectivity index (χ2n) is 2.89. The van der Waals surface area contributed by atoms with E-state index in [1.165, 1.54) is 0 Å². The van der Waals surface area contributed by atoms with E-state index in [0.29, 0.717) is 0 Å². The Kier molecular flexibility index (Phi) is 3.96. The molecule has 13 heavy (non-hydrogen) atoms. The minimum absolute atomic E-state index is 0.773. The molecule has 0 radical (unpaired) electrons. The number of benzene rings is 1. The third kappa shape index (κ3) is 3.19. The molecule has 0 aliphatic heterocycles. The highest BCUT2D eigenvalue weighted by atomic mass is 79.9. The number of alkyl halides is 1. The van der Waals surface area contributed by atoms with Crippen molar-refractivity contribution in [2.24, 2.45) is 5.10 Å². The zero-order valence-electron chi connectivity index (χ0n) is 7.87. The molecule has 0 heterocycles. The summed E-state index contributed by atoms with van der Waals surface area (Å²) in [5.74, 6) is 0. The van der Waals surface area contributed by atoms with Crippen LogP contribution in [0.3, 0.4) is 0 Å². The standard InChI is InChI=1S/C10H13BrN2/c1-13(2)12-10(8-11)9-6-4-3-5-7-9/h3-7H,8H2,1-2H3. The third-order valence-corrected chi connectivity index (χ3v) is 2.09. The monoisotopic (exact) mass is 240 g/mol. The Morgan fingerprint density at radius 1 is 1.31 bits per heavy atom. The zero-order chi connectivity index (χ0) is 9.68. The fraction of sp³-hybridized carbons (Fsp3) is 0.300. The molecular formula is C10H13BrN2. The molecule has 0 atom stereocenters. The summed E-state index contributed by atoms with van der Waals surface area (Å²) in [5, 5.41) is 6.95. The van der Waals surface area contributed by atoms with Crippen molar-refractivity contribution in [1.29, 1.82) is 0 Å². The van der Waals surface area contributed by atoms with Gasteiger partial charge in [0.1, 0.15) is 0 Å². The van der Waals surface area contributed by atoms with E-state index in [9.17, 15) is 0 Å². The van der Waals surface area contributed by atoms with Crippen LogP contribution in [0.2, 0.25) is 0 Å². The minimum atomic E-state index is 0.773. The van der Waals surface area contributed by atoms with Gasteiger partial charge in [-0.1, -0.05) is 46.3 Å². The summed E-state index contributed by atoms with van der Waals surface area (Å²) in [6.07, 6.45) is 0. The second kappa shape index (κ2) is 5.02. The quantitative estimate of drug-likeness (QED) is 0.450. The van der Waals surface area contributed by atoms with Crippen molar-refractivity contribution in [1.82, 2.24) is 5.01 Å². The number of hydrogen-bond donors (Lipinski definition) is 0. The first-order valence-corrected chi connectivity index (χ1v) is 5.22. The van der Waals surface area contributed by atoms with Crippen LogP contribution in [-0.4, -0.2) is 30.1 Å². The van der Waals surface area contributed by atoms with Gasteiger partial charge >= 0.3 is 0 Å². The van der Waals surface area contributed by atoms with E-state index in [1.54, 1.807) is 0 Å². The summed E-state index contributed by atoms with van der Waals surface area (Å²) in [5.41, 5.74) is 2.21. The van der Waals surface area contributed by atoms with E-state index in [2.05, 4.69) is 33.2 Å². The summed E-state index contributed by atoms with van der Waals surface area (Å²) in [7, 11) is 3.84. The minimum Gasteiger partial charge on any atom is -0.303 e. The highest BCUT2D eigenvalue weighted by Crippen LogP contribution is 2.04. The Bertz CT molecular complexity index is 280. The van der Waals surface area contributed by atoms with Gasteiger partial charge in [-0.15, -0.1) is 0 Å². The normalized spacial score (nSPS) is 11.5. The zero-order valence-corrected chi connectivity index (χ0v) is 9.45. The lowest BCUT2D eigenvalue weighted by atomic mass is 10.1. The van der Waals surface area contributed by atoms with Crippen molar-refractivity contribution in [3.05, 3.63) is 35.9 Å². The van der Waals surface area contributed by atoms with Gasteiger partial charge in [0.25, 0.3) is 0 Å². The largest absolute Gasteiger partial charge is 0.303 e. The highest BCUT2D eigenvalue weighted by Gasteiger charge is 2.00. The van der Waals surface area contributed by atoms with Crippen molar-refractivity contribution in [2.75, 3.05) is 19.4 Å². The first-order chi connectivity index (χ1) is 6.24. The Morgan fingerprint density at radius 3 is 2.38 bits per heavy atom. The SMILES string of the molecule is CN(C)N=C(CBr)c1ccccc1. The van der Waals surface area contributed by atoms with Crippen LogP contribution in [0.25, 0.3) is 0 Å². The predicted octanol–water partition coefficient (Wildman–Crippen LogP) is 2.35. The number of rotatable bonds is 3. The van der Waals surface area contributed by atoms with E-state index < -0.39 is 0 Å². The Balaban J connectivity index is 2.91. The molecule has 0 aliphatic rings. The maximum absolute atomic E-state index is 4.37. The lowest BCUT2D eigenvalue weighted by Crippen LogP contribution is -2.11. The molecule has 1 aromatic rings. The summed E-state index contributed by atoms with van der Waals surface area (Å²) in [4.78, 5) is 0. The number of hydrogen-bond acceptors (Lipinski definition) is 2. The van der Waals surface area contributed by atoms with Gasteiger partial charge < -0.3 is 5.01 Å². The van der Waals surface area contributed by atoms with Crippen LogP contribution in [0.4, 0.5) is 0 Å². The van der Waals surface area contributed by atoms with Crippen LogP contribution in [0.5, 0.6) is 0 Å². The van der Waals surface area contributed by atoms with Gasteiger partial charge in [-0.25, -0.2) is 0 Å². The lowest BCUT2D eigenvalue weighted by Gasteiger charge is -2.08. The summed E-state index contributed by atoms with van der Waals surface area (Å²) >= 11 is 3.42. The Hall–Kier alpha value is -0.830. The van der Waals surface area contributed by atoms with Gasteiger partial charge in [-0.3, -0.25) is 0 Å². The van der Waals surface area contributed by atoms with Crippen LogP contribution in [0.1, 0.15) is 5.56 Å². The van der Waals surface area contributed by atoms with E-state index in [-0.39, 0.29) is 0 Å². The van der Waals surface area contributed by atoms with Crippen LogP contribution < -0.4 is 0 Å². The molecule has 0 amide bonds. The van der Waals surface area contributed by atoms with Crippen LogP contribution in [-0.2, 0) is 0 Å². The van der Waals surface area contributed by atoms with E-state index in [4.69, 9.17) is 0 Å². The predicted molar refractivity (Wildman–Crippen MR) is 60.5 cm³/mol. The van der Waals surface area contributed by atoms with Crippen molar-refractivity contribution < 1.29 is 0 Å². The average molecular weight is 241 g/mol. The van der Waals surface area contributed by atoms with Gasteiger partial charge in [-0.05, 0) is 5.56 Å². The number of hydrazone groups is 1. The molecule has 0 saturated heterocycles. The highest BCUT2D eigenvalue weighted by molar-refractivity contribution is 9.09. The van der Waals surface area contributed by atoms with Crippen molar-refractivity contribution in [2.45, 2.75) is 0 Å². The van der Waals surface area contributed by atoms with Crippen molar-refractivity contribution in [3.8, 4) is 0 Å². The second-order valence-corrected chi connectivity index (χ2v) is 3.45. The molecule has 70 valence electrons. The fourth-order valence-electron chi connectivity index (χ4n) is 1.03.